The van der Waals surface area contributed by atoms with E-state index in [0.717, 1.165) is 17.9 Å². The highest BCUT2D eigenvalue weighted by Gasteiger charge is 2.22. The molecule has 0 heterocycles. The fourth-order valence-electron chi connectivity index (χ4n) is 2.84. The van der Waals surface area contributed by atoms with Crippen molar-refractivity contribution in [3.8, 4) is 0 Å². The summed E-state index contributed by atoms with van der Waals surface area (Å²) in [7, 11) is 0. The van der Waals surface area contributed by atoms with Gasteiger partial charge in [0.25, 0.3) is 0 Å². The van der Waals surface area contributed by atoms with Crippen LogP contribution in [-0.4, -0.2) is 24.1 Å². The Morgan fingerprint density at radius 1 is 1.06 bits per heavy atom. The van der Waals surface area contributed by atoms with Crippen molar-refractivity contribution >= 4 is 11.8 Å². The van der Waals surface area contributed by atoms with Crippen LogP contribution >= 0.6 is 11.8 Å². The average molecular weight is 272 g/mol. The van der Waals surface area contributed by atoms with E-state index in [1.807, 2.05) is 0 Å². The molecule has 2 heteroatoms. The van der Waals surface area contributed by atoms with Crippen molar-refractivity contribution in [1.82, 2.24) is 5.32 Å². The molecule has 1 rings (SSSR count). The van der Waals surface area contributed by atoms with Crippen LogP contribution in [0.25, 0.3) is 0 Å². The molecule has 0 aromatic carbocycles. The molecule has 108 valence electrons. The number of hydrogen-bond acceptors (Lipinski definition) is 2. The standard InChI is InChI=1S/C16H33NS/c1-4-11-17-16(13-18-12-14(2)3)15-9-7-5-6-8-10-15/h14-17H,4-13H2,1-3H3. The van der Waals surface area contributed by atoms with Gasteiger partial charge >= 0.3 is 0 Å². The highest BCUT2D eigenvalue weighted by atomic mass is 32.2. The fraction of sp³-hybridized carbons (Fsp3) is 1.00. The third kappa shape index (κ3) is 7.04. The summed E-state index contributed by atoms with van der Waals surface area (Å²) < 4.78 is 0. The molecule has 0 spiro atoms. The molecule has 1 atom stereocenters. The van der Waals surface area contributed by atoms with Crippen LogP contribution in [0.15, 0.2) is 0 Å². The topological polar surface area (TPSA) is 12.0 Å². The third-order valence-corrected chi connectivity index (χ3v) is 5.37. The van der Waals surface area contributed by atoms with Gasteiger partial charge in [-0.3, -0.25) is 0 Å². The second-order valence-corrected chi connectivity index (χ2v) is 7.32. The smallest absolute Gasteiger partial charge is 0.0186 e. The predicted molar refractivity (Wildman–Crippen MR) is 85.4 cm³/mol. The van der Waals surface area contributed by atoms with Crippen molar-refractivity contribution in [2.24, 2.45) is 11.8 Å². The Labute approximate surface area is 119 Å². The summed E-state index contributed by atoms with van der Waals surface area (Å²) in [6, 6.07) is 0.770. The Kier molecular flexibility index (Phi) is 9.22. The van der Waals surface area contributed by atoms with E-state index in [9.17, 15) is 0 Å². The second-order valence-electron chi connectivity index (χ2n) is 6.24. The molecule has 1 saturated carbocycles. The van der Waals surface area contributed by atoms with Gasteiger partial charge in [-0.05, 0) is 43.4 Å². The summed E-state index contributed by atoms with van der Waals surface area (Å²) in [5.74, 6) is 4.41. The lowest BCUT2D eigenvalue weighted by molar-refractivity contribution is 0.343. The second kappa shape index (κ2) is 10.1. The van der Waals surface area contributed by atoms with Crippen molar-refractivity contribution in [3.05, 3.63) is 0 Å². The van der Waals surface area contributed by atoms with Crippen LogP contribution < -0.4 is 5.32 Å². The van der Waals surface area contributed by atoms with Crippen molar-refractivity contribution in [2.45, 2.75) is 71.8 Å². The minimum atomic E-state index is 0.770. The predicted octanol–water partition coefficient (Wildman–Crippen LogP) is 4.71. The Morgan fingerprint density at radius 2 is 1.72 bits per heavy atom. The lowest BCUT2D eigenvalue weighted by Gasteiger charge is -2.27. The maximum Gasteiger partial charge on any atom is 0.0186 e. The molecular formula is C16H33NS. The van der Waals surface area contributed by atoms with Crippen molar-refractivity contribution in [3.63, 3.8) is 0 Å². The number of nitrogens with one attached hydrogen (secondary N) is 1. The first-order valence-corrected chi connectivity index (χ1v) is 9.20. The SMILES string of the molecule is CCCNC(CSCC(C)C)C1CCCCCC1. The van der Waals surface area contributed by atoms with Crippen molar-refractivity contribution in [2.75, 3.05) is 18.1 Å². The Morgan fingerprint density at radius 3 is 2.28 bits per heavy atom. The Bertz CT molecular complexity index is 186. The lowest BCUT2D eigenvalue weighted by Crippen LogP contribution is -2.39. The summed E-state index contributed by atoms with van der Waals surface area (Å²) in [4.78, 5) is 0. The van der Waals surface area contributed by atoms with Crippen LogP contribution in [0, 0.1) is 11.8 Å². The molecule has 1 fully saturated rings. The van der Waals surface area contributed by atoms with Crippen LogP contribution in [0.2, 0.25) is 0 Å². The van der Waals surface area contributed by atoms with E-state index >= 15 is 0 Å². The first-order valence-electron chi connectivity index (χ1n) is 8.05. The first-order chi connectivity index (χ1) is 8.74. The highest BCUT2D eigenvalue weighted by molar-refractivity contribution is 7.99. The Balaban J connectivity index is 2.36. The number of rotatable bonds is 8. The molecule has 1 unspecified atom stereocenters. The van der Waals surface area contributed by atoms with Crippen molar-refractivity contribution in [1.29, 1.82) is 0 Å². The maximum atomic E-state index is 3.82. The van der Waals surface area contributed by atoms with Crippen LogP contribution in [-0.2, 0) is 0 Å². The van der Waals surface area contributed by atoms with Gasteiger partial charge in [0.1, 0.15) is 0 Å². The van der Waals surface area contributed by atoms with E-state index < -0.39 is 0 Å². The van der Waals surface area contributed by atoms with Crippen molar-refractivity contribution < 1.29 is 0 Å². The van der Waals surface area contributed by atoms with Gasteiger partial charge in [0, 0.05) is 11.8 Å². The summed E-state index contributed by atoms with van der Waals surface area (Å²) in [5.41, 5.74) is 0. The maximum absolute atomic E-state index is 3.82. The van der Waals surface area contributed by atoms with Gasteiger partial charge in [0.05, 0.1) is 0 Å². The van der Waals surface area contributed by atoms with Gasteiger partial charge in [-0.25, -0.2) is 0 Å². The summed E-state index contributed by atoms with van der Waals surface area (Å²) in [5, 5.41) is 3.82. The molecule has 0 aliphatic heterocycles. The zero-order chi connectivity index (χ0) is 13.2. The summed E-state index contributed by atoms with van der Waals surface area (Å²) >= 11 is 2.16. The molecule has 0 amide bonds. The van der Waals surface area contributed by atoms with Gasteiger partial charge in [0.2, 0.25) is 0 Å². The minimum absolute atomic E-state index is 0.770. The van der Waals surface area contributed by atoms with E-state index in [-0.39, 0.29) is 0 Å². The minimum Gasteiger partial charge on any atom is -0.313 e. The molecule has 0 aromatic heterocycles. The zero-order valence-corrected chi connectivity index (χ0v) is 13.5. The molecule has 1 aliphatic carbocycles. The molecule has 0 radical (unpaired) electrons. The normalized spacial score (nSPS) is 20.0. The van der Waals surface area contributed by atoms with Gasteiger partial charge < -0.3 is 5.32 Å². The van der Waals surface area contributed by atoms with E-state index in [1.54, 1.807) is 0 Å². The molecule has 1 N–H and O–H groups in total. The van der Waals surface area contributed by atoms with Gasteiger partial charge in [-0.2, -0.15) is 11.8 Å². The van der Waals surface area contributed by atoms with Crippen LogP contribution in [0.5, 0.6) is 0 Å². The van der Waals surface area contributed by atoms with Crippen LogP contribution in [0.3, 0.4) is 0 Å². The zero-order valence-electron chi connectivity index (χ0n) is 12.7. The van der Waals surface area contributed by atoms with Gasteiger partial charge in [-0.1, -0.05) is 46.5 Å². The molecule has 1 nitrogen and oxygen atoms in total. The lowest BCUT2D eigenvalue weighted by atomic mass is 9.93. The van der Waals surface area contributed by atoms with Gasteiger partial charge in [0.15, 0.2) is 0 Å². The average Bonchev–Trinajstić information content (AvgIpc) is 2.62. The quantitative estimate of drug-likeness (QED) is 0.641. The fourth-order valence-corrected chi connectivity index (χ4v) is 4.09. The summed E-state index contributed by atoms with van der Waals surface area (Å²) in [6.45, 7) is 8.13. The summed E-state index contributed by atoms with van der Waals surface area (Å²) in [6.07, 6.45) is 10.0. The Hall–Kier alpha value is 0.310. The van der Waals surface area contributed by atoms with E-state index in [4.69, 9.17) is 0 Å². The van der Waals surface area contributed by atoms with Gasteiger partial charge in [-0.15, -0.1) is 0 Å². The van der Waals surface area contributed by atoms with Crippen LogP contribution in [0.4, 0.5) is 0 Å². The van der Waals surface area contributed by atoms with E-state index in [0.29, 0.717) is 0 Å². The first kappa shape index (κ1) is 16.4. The molecule has 0 bridgehead atoms. The van der Waals surface area contributed by atoms with E-state index in [2.05, 4.69) is 37.8 Å². The molecular weight excluding hydrogens is 238 g/mol. The number of hydrogen-bond donors (Lipinski definition) is 1. The largest absolute Gasteiger partial charge is 0.313 e. The monoisotopic (exact) mass is 271 g/mol. The third-order valence-electron chi connectivity index (χ3n) is 3.87. The van der Waals surface area contributed by atoms with E-state index in [1.165, 1.54) is 63.0 Å². The highest BCUT2D eigenvalue weighted by Crippen LogP contribution is 2.27. The molecule has 18 heavy (non-hydrogen) atoms. The van der Waals surface area contributed by atoms with Crippen LogP contribution in [0.1, 0.15) is 65.7 Å². The molecule has 0 aromatic rings. The molecule has 1 aliphatic rings. The number of thioether (sulfide) groups is 1. The molecule has 0 saturated heterocycles.